The van der Waals surface area contributed by atoms with Crippen LogP contribution in [-0.4, -0.2) is 47.1 Å². The molecule has 0 radical (unpaired) electrons. The van der Waals surface area contributed by atoms with E-state index < -0.39 is 17.9 Å². The molecule has 0 bridgehead atoms. The fraction of sp³-hybridized carbons (Fsp3) is 0.227. The number of imidazole rings is 1. The van der Waals surface area contributed by atoms with E-state index in [-0.39, 0.29) is 21.4 Å². The number of benzene rings is 1. The molecule has 0 saturated carbocycles. The molecule has 1 aromatic carbocycles. The van der Waals surface area contributed by atoms with E-state index in [4.69, 9.17) is 4.98 Å². The predicted octanol–water partition coefficient (Wildman–Crippen LogP) is 4.68. The molecule has 5 heterocycles. The van der Waals surface area contributed by atoms with Gasteiger partial charge in [0, 0.05) is 31.9 Å². The summed E-state index contributed by atoms with van der Waals surface area (Å²) in [5, 5.41) is 4.35. The number of para-hydroxylation sites is 1. The highest BCUT2D eigenvalue weighted by atomic mass is 32.1. The smallest absolute Gasteiger partial charge is 0.348 e. The van der Waals surface area contributed by atoms with Crippen molar-refractivity contribution < 1.29 is 18.0 Å². The third kappa shape index (κ3) is 3.71. The number of rotatable bonds is 3. The first-order valence-corrected chi connectivity index (χ1v) is 12.2. The summed E-state index contributed by atoms with van der Waals surface area (Å²) in [7, 11) is 1.41. The lowest BCUT2D eigenvalue weighted by Crippen LogP contribution is -2.40. The van der Waals surface area contributed by atoms with Gasteiger partial charge < -0.3 is 9.88 Å². The molecule has 178 valence electrons. The number of carbonyl (C=O) groups excluding carboxylic acids is 1. The Bertz CT molecular complexity index is 1530. The largest absolute Gasteiger partial charge is 0.435 e. The van der Waals surface area contributed by atoms with Crippen LogP contribution in [0.4, 0.5) is 13.2 Å². The zero-order valence-corrected chi connectivity index (χ0v) is 19.7. The molecular formula is C22H16F3N7OS2. The number of nitrogens with one attached hydrogen (secondary N) is 1. The van der Waals surface area contributed by atoms with E-state index in [1.165, 1.54) is 30.8 Å². The molecule has 0 spiro atoms. The lowest BCUT2D eigenvalue weighted by atomic mass is 10.0. The Hall–Kier alpha value is -3.58. The number of aromatic amines is 1. The van der Waals surface area contributed by atoms with Crippen molar-refractivity contribution in [1.29, 1.82) is 0 Å². The summed E-state index contributed by atoms with van der Waals surface area (Å²) in [5.74, 6) is -0.330. The van der Waals surface area contributed by atoms with Crippen molar-refractivity contribution in [3.8, 4) is 10.6 Å². The van der Waals surface area contributed by atoms with Crippen LogP contribution < -0.4 is 0 Å². The molecule has 1 atom stereocenters. The monoisotopic (exact) mass is 515 g/mol. The summed E-state index contributed by atoms with van der Waals surface area (Å²) in [6.45, 7) is 0.405. The average Bonchev–Trinajstić information content (AvgIpc) is 3.61. The molecule has 0 fully saturated rings. The van der Waals surface area contributed by atoms with Crippen molar-refractivity contribution >= 4 is 38.8 Å². The van der Waals surface area contributed by atoms with Crippen molar-refractivity contribution in [3.63, 3.8) is 0 Å². The van der Waals surface area contributed by atoms with Crippen LogP contribution in [0.2, 0.25) is 0 Å². The topological polar surface area (TPSA) is 92.6 Å². The molecule has 5 aromatic rings. The second-order valence-electron chi connectivity index (χ2n) is 8.03. The number of hydrogen-bond donors (Lipinski definition) is 1. The Morgan fingerprint density at radius 3 is 2.83 bits per heavy atom. The van der Waals surface area contributed by atoms with Crippen LogP contribution in [0.1, 0.15) is 37.8 Å². The molecular weight excluding hydrogens is 499 g/mol. The number of nitrogens with zero attached hydrogens (tertiary/aromatic N) is 6. The van der Waals surface area contributed by atoms with Crippen LogP contribution in [0, 0.1) is 0 Å². The van der Waals surface area contributed by atoms with E-state index in [1.54, 1.807) is 11.2 Å². The summed E-state index contributed by atoms with van der Waals surface area (Å²) in [6.07, 6.45) is 0.134. The van der Waals surface area contributed by atoms with Crippen LogP contribution in [0.25, 0.3) is 20.8 Å². The van der Waals surface area contributed by atoms with Gasteiger partial charge in [-0.3, -0.25) is 9.48 Å². The first-order chi connectivity index (χ1) is 16.8. The van der Waals surface area contributed by atoms with Crippen molar-refractivity contribution in [3.05, 3.63) is 70.0 Å². The second-order valence-corrected chi connectivity index (χ2v) is 10.1. The minimum Gasteiger partial charge on any atom is -0.348 e. The Balaban J connectivity index is 1.39. The first kappa shape index (κ1) is 21.9. The molecule has 1 N–H and O–H groups in total. The van der Waals surface area contributed by atoms with E-state index in [0.717, 1.165) is 42.6 Å². The van der Waals surface area contributed by atoms with Gasteiger partial charge in [-0.2, -0.15) is 18.3 Å². The number of amides is 1. The first-order valence-electron chi connectivity index (χ1n) is 10.5. The fourth-order valence-electron chi connectivity index (χ4n) is 4.25. The third-order valence-electron chi connectivity index (χ3n) is 5.77. The molecule has 8 nitrogen and oxygen atoms in total. The number of thiazole rings is 2. The molecule has 35 heavy (non-hydrogen) atoms. The maximum absolute atomic E-state index is 13.7. The van der Waals surface area contributed by atoms with Gasteiger partial charge in [0.25, 0.3) is 5.91 Å². The summed E-state index contributed by atoms with van der Waals surface area (Å²) >= 11 is 2.41. The van der Waals surface area contributed by atoms with Crippen LogP contribution in [0.3, 0.4) is 0 Å². The van der Waals surface area contributed by atoms with Crippen molar-refractivity contribution in [2.45, 2.75) is 18.6 Å². The van der Waals surface area contributed by atoms with E-state index in [1.807, 2.05) is 24.3 Å². The van der Waals surface area contributed by atoms with Crippen molar-refractivity contribution in [2.75, 3.05) is 6.54 Å². The van der Waals surface area contributed by atoms with Gasteiger partial charge in [0.05, 0.1) is 34.0 Å². The fourth-order valence-corrected chi connectivity index (χ4v) is 6.21. The van der Waals surface area contributed by atoms with Crippen LogP contribution in [0.5, 0.6) is 0 Å². The highest BCUT2D eigenvalue weighted by Crippen LogP contribution is 2.40. The number of aryl methyl sites for hydroxylation is 1. The predicted molar refractivity (Wildman–Crippen MR) is 124 cm³/mol. The number of halogens is 3. The van der Waals surface area contributed by atoms with Gasteiger partial charge in [0.2, 0.25) is 0 Å². The van der Waals surface area contributed by atoms with E-state index in [0.29, 0.717) is 13.0 Å². The minimum atomic E-state index is -4.63. The molecule has 0 saturated heterocycles. The minimum absolute atomic E-state index is 0.0859. The number of hydrogen-bond acceptors (Lipinski definition) is 7. The average molecular weight is 516 g/mol. The van der Waals surface area contributed by atoms with E-state index in [9.17, 15) is 18.0 Å². The summed E-state index contributed by atoms with van der Waals surface area (Å²) in [6, 6.07) is 7.21. The Morgan fingerprint density at radius 2 is 2.03 bits per heavy atom. The van der Waals surface area contributed by atoms with Gasteiger partial charge in [-0.25, -0.2) is 15.0 Å². The van der Waals surface area contributed by atoms with Crippen molar-refractivity contribution in [1.82, 2.24) is 34.6 Å². The molecule has 1 aliphatic heterocycles. The van der Waals surface area contributed by atoms with E-state index >= 15 is 0 Å². The molecule has 0 unspecified atom stereocenters. The summed E-state index contributed by atoms with van der Waals surface area (Å²) < 4.78 is 42.4. The van der Waals surface area contributed by atoms with Crippen LogP contribution in [-0.2, 0) is 19.6 Å². The quantitative estimate of drug-likeness (QED) is 0.377. The van der Waals surface area contributed by atoms with Crippen LogP contribution >= 0.6 is 22.7 Å². The number of alkyl halides is 3. The normalized spacial score (nSPS) is 16.1. The highest BCUT2D eigenvalue weighted by Gasteiger charge is 2.40. The zero-order chi connectivity index (χ0) is 24.3. The van der Waals surface area contributed by atoms with Gasteiger partial charge in [-0.05, 0) is 12.1 Å². The molecule has 6 rings (SSSR count). The number of fused-ring (bicyclic) bond motifs is 2. The number of aromatic nitrogens is 6. The van der Waals surface area contributed by atoms with Gasteiger partial charge in [-0.1, -0.05) is 12.1 Å². The van der Waals surface area contributed by atoms with Gasteiger partial charge >= 0.3 is 6.18 Å². The Kier molecular flexibility index (Phi) is 5.00. The summed E-state index contributed by atoms with van der Waals surface area (Å²) in [4.78, 5) is 32.1. The summed E-state index contributed by atoms with van der Waals surface area (Å²) in [5.41, 5.74) is 1.31. The van der Waals surface area contributed by atoms with Gasteiger partial charge in [-0.15, -0.1) is 22.7 Å². The Morgan fingerprint density at radius 1 is 1.20 bits per heavy atom. The Labute approximate surface area is 204 Å². The molecule has 4 aromatic heterocycles. The lowest BCUT2D eigenvalue weighted by Gasteiger charge is -2.33. The van der Waals surface area contributed by atoms with Crippen LogP contribution in [0.15, 0.2) is 43.0 Å². The lowest BCUT2D eigenvalue weighted by molar-refractivity contribution is -0.140. The number of carbonyl (C=O) groups is 1. The molecule has 1 amide bonds. The molecule has 13 heteroatoms. The van der Waals surface area contributed by atoms with Gasteiger partial charge in [0.15, 0.2) is 5.69 Å². The zero-order valence-electron chi connectivity index (χ0n) is 18.1. The number of H-pyrrole nitrogens is 1. The van der Waals surface area contributed by atoms with Gasteiger partial charge in [0.1, 0.15) is 20.9 Å². The second kappa shape index (κ2) is 7.99. The van der Waals surface area contributed by atoms with E-state index in [2.05, 4.69) is 20.1 Å². The SMILES string of the molecule is Cn1cc(-c2ncc(C(=O)N3CCc4[nH]cnc4[C@H]3c3nc4ccccc4s3)s2)c(C(F)(F)F)n1. The third-order valence-corrected chi connectivity index (χ3v) is 7.88. The van der Waals surface area contributed by atoms with Crippen molar-refractivity contribution in [2.24, 2.45) is 7.05 Å². The molecule has 0 aliphatic carbocycles. The molecule has 1 aliphatic rings. The highest BCUT2D eigenvalue weighted by molar-refractivity contribution is 7.18. The maximum atomic E-state index is 13.7. The maximum Gasteiger partial charge on any atom is 0.435 e. The standard InChI is InChI=1S/C22H16F3N7OS2/c1-31-9-11(18(30-31)22(23,24)25)19-26-8-15(35-19)21(33)32-7-6-13-16(28-10-27-13)17(32)20-29-12-4-2-3-5-14(12)34-20/h2-5,8-10,17H,6-7H2,1H3,(H,27,28)/t17-/m0/s1.